The Morgan fingerprint density at radius 2 is 1.47 bits per heavy atom. The summed E-state index contributed by atoms with van der Waals surface area (Å²) in [5.74, 6) is 0.473. The van der Waals surface area contributed by atoms with Crippen molar-refractivity contribution in [3.8, 4) is 5.75 Å². The highest BCUT2D eigenvalue weighted by Crippen LogP contribution is 2.25. The van der Waals surface area contributed by atoms with Crippen LogP contribution in [0.5, 0.6) is 5.75 Å². The summed E-state index contributed by atoms with van der Waals surface area (Å²) in [6.45, 7) is 2.45. The Labute approximate surface area is 188 Å². The molecule has 0 radical (unpaired) electrons. The van der Waals surface area contributed by atoms with E-state index in [0.717, 1.165) is 0 Å². The van der Waals surface area contributed by atoms with Gasteiger partial charge in [-0.05, 0) is 49.2 Å². The van der Waals surface area contributed by atoms with E-state index in [9.17, 15) is 18.0 Å². The van der Waals surface area contributed by atoms with Crippen LogP contribution in [0.2, 0.25) is 0 Å². The van der Waals surface area contributed by atoms with Gasteiger partial charge in [0.1, 0.15) is 5.75 Å². The van der Waals surface area contributed by atoms with E-state index in [2.05, 4.69) is 0 Å². The van der Waals surface area contributed by atoms with Crippen LogP contribution >= 0.6 is 0 Å². The molecular weight excluding hydrogens is 430 g/mol. The van der Waals surface area contributed by atoms with Crippen LogP contribution in [0.15, 0.2) is 48.5 Å². The number of ether oxygens (including phenoxy) is 1. The first-order valence-corrected chi connectivity index (χ1v) is 12.3. The molecular formula is C23H27N3O5S. The third-order valence-electron chi connectivity index (χ3n) is 5.91. The quantitative estimate of drug-likeness (QED) is 0.703. The highest BCUT2D eigenvalue weighted by Gasteiger charge is 2.29. The van der Waals surface area contributed by atoms with Gasteiger partial charge in [0, 0.05) is 38.3 Å². The Balaban J connectivity index is 1.42. The van der Waals surface area contributed by atoms with Gasteiger partial charge in [0.15, 0.2) is 0 Å². The standard InChI is InChI=1S/C23H27N3O5S/c1-31-21-7-3-2-6-20(21)23(28)25-13-4-12-24(15-16-25)22(27)18-8-10-19(11-9-18)26-14-5-17-32(26,29)30/h2-3,6-11H,4-5,12-17H2,1H3. The normalized spacial score (nSPS) is 18.3. The number of amides is 2. The summed E-state index contributed by atoms with van der Waals surface area (Å²) in [6.07, 6.45) is 1.29. The molecule has 0 N–H and O–H groups in total. The van der Waals surface area contributed by atoms with Crippen molar-refractivity contribution in [2.45, 2.75) is 12.8 Å². The lowest BCUT2D eigenvalue weighted by Crippen LogP contribution is -2.37. The van der Waals surface area contributed by atoms with Crippen LogP contribution in [-0.2, 0) is 10.0 Å². The Hall–Kier alpha value is -3.07. The minimum atomic E-state index is -3.25. The topological polar surface area (TPSA) is 87.2 Å². The van der Waals surface area contributed by atoms with E-state index in [0.29, 0.717) is 68.1 Å². The second-order valence-corrected chi connectivity index (χ2v) is 9.94. The van der Waals surface area contributed by atoms with E-state index < -0.39 is 10.0 Å². The van der Waals surface area contributed by atoms with Gasteiger partial charge in [-0.25, -0.2) is 8.42 Å². The van der Waals surface area contributed by atoms with Crippen LogP contribution < -0.4 is 9.04 Å². The number of carbonyl (C=O) groups is 2. The lowest BCUT2D eigenvalue weighted by molar-refractivity contribution is 0.0717. The van der Waals surface area contributed by atoms with Crippen molar-refractivity contribution in [3.05, 3.63) is 59.7 Å². The monoisotopic (exact) mass is 457 g/mol. The fourth-order valence-corrected chi connectivity index (χ4v) is 5.76. The zero-order valence-corrected chi connectivity index (χ0v) is 18.9. The molecule has 2 amide bonds. The van der Waals surface area contributed by atoms with Gasteiger partial charge in [0.2, 0.25) is 10.0 Å². The van der Waals surface area contributed by atoms with Gasteiger partial charge >= 0.3 is 0 Å². The number of hydrogen-bond acceptors (Lipinski definition) is 5. The van der Waals surface area contributed by atoms with Crippen LogP contribution in [0, 0.1) is 0 Å². The largest absolute Gasteiger partial charge is 0.496 e. The third kappa shape index (κ3) is 4.43. The van der Waals surface area contributed by atoms with Crippen molar-refractivity contribution in [1.29, 1.82) is 0 Å². The van der Waals surface area contributed by atoms with Crippen LogP contribution in [0.1, 0.15) is 33.6 Å². The van der Waals surface area contributed by atoms with E-state index in [-0.39, 0.29) is 17.6 Å². The molecule has 9 heteroatoms. The van der Waals surface area contributed by atoms with E-state index in [1.807, 2.05) is 6.07 Å². The molecule has 32 heavy (non-hydrogen) atoms. The van der Waals surface area contributed by atoms with Gasteiger partial charge in [0.25, 0.3) is 11.8 Å². The molecule has 170 valence electrons. The van der Waals surface area contributed by atoms with Crippen LogP contribution in [0.25, 0.3) is 0 Å². The smallest absolute Gasteiger partial charge is 0.257 e. The molecule has 4 rings (SSSR count). The Kier molecular flexibility index (Phi) is 6.36. The molecule has 2 aliphatic rings. The Morgan fingerprint density at radius 3 is 2.09 bits per heavy atom. The van der Waals surface area contributed by atoms with Gasteiger partial charge < -0.3 is 14.5 Å². The summed E-state index contributed by atoms with van der Waals surface area (Å²) in [5, 5.41) is 0. The van der Waals surface area contributed by atoms with E-state index >= 15 is 0 Å². The van der Waals surface area contributed by atoms with Gasteiger partial charge in [-0.15, -0.1) is 0 Å². The van der Waals surface area contributed by atoms with Crippen LogP contribution in [-0.4, -0.2) is 75.6 Å². The highest BCUT2D eigenvalue weighted by molar-refractivity contribution is 7.93. The maximum Gasteiger partial charge on any atom is 0.257 e. The summed E-state index contributed by atoms with van der Waals surface area (Å²) in [5.41, 5.74) is 1.61. The molecule has 8 nitrogen and oxygen atoms in total. The predicted octanol–water partition coefficient (Wildman–Crippen LogP) is 2.22. The lowest BCUT2D eigenvalue weighted by atomic mass is 10.1. The fourth-order valence-electron chi connectivity index (χ4n) is 4.20. The molecule has 0 unspecified atom stereocenters. The summed E-state index contributed by atoms with van der Waals surface area (Å²) < 4.78 is 30.9. The third-order valence-corrected chi connectivity index (χ3v) is 7.78. The number of hydrogen-bond donors (Lipinski definition) is 0. The summed E-state index contributed by atoms with van der Waals surface area (Å²) in [4.78, 5) is 29.5. The van der Waals surface area contributed by atoms with Gasteiger partial charge in [-0.3, -0.25) is 13.9 Å². The molecule has 2 fully saturated rings. The number of para-hydroxylation sites is 1. The van der Waals surface area contributed by atoms with Crippen molar-refractivity contribution in [3.63, 3.8) is 0 Å². The predicted molar refractivity (Wildman–Crippen MR) is 122 cm³/mol. The highest BCUT2D eigenvalue weighted by atomic mass is 32.2. The summed E-state index contributed by atoms with van der Waals surface area (Å²) in [6, 6.07) is 13.9. The molecule has 0 aliphatic carbocycles. The molecule has 2 saturated heterocycles. The van der Waals surface area contributed by atoms with Gasteiger partial charge in [-0.2, -0.15) is 0 Å². The average Bonchev–Trinajstić information content (AvgIpc) is 3.01. The van der Waals surface area contributed by atoms with E-state index in [4.69, 9.17) is 4.74 Å². The molecule has 2 aromatic rings. The number of anilines is 1. The molecule has 2 aliphatic heterocycles. The van der Waals surface area contributed by atoms with Crippen molar-refractivity contribution in [2.24, 2.45) is 0 Å². The second kappa shape index (κ2) is 9.20. The van der Waals surface area contributed by atoms with Crippen molar-refractivity contribution < 1.29 is 22.7 Å². The van der Waals surface area contributed by atoms with Crippen LogP contribution in [0.4, 0.5) is 5.69 Å². The number of carbonyl (C=O) groups excluding carboxylic acids is 2. The van der Waals surface area contributed by atoms with Crippen molar-refractivity contribution >= 4 is 27.5 Å². The maximum absolute atomic E-state index is 13.0. The Morgan fingerprint density at radius 1 is 0.812 bits per heavy atom. The molecule has 0 atom stereocenters. The van der Waals surface area contributed by atoms with Crippen molar-refractivity contribution in [1.82, 2.24) is 9.80 Å². The molecule has 0 spiro atoms. The summed E-state index contributed by atoms with van der Waals surface area (Å²) >= 11 is 0. The minimum absolute atomic E-state index is 0.104. The molecule has 0 saturated carbocycles. The number of sulfonamides is 1. The number of methoxy groups -OCH3 is 1. The van der Waals surface area contributed by atoms with Crippen LogP contribution in [0.3, 0.4) is 0 Å². The molecule has 0 aromatic heterocycles. The van der Waals surface area contributed by atoms with Gasteiger partial charge in [0.05, 0.1) is 24.1 Å². The second-order valence-electron chi connectivity index (χ2n) is 7.93. The number of benzene rings is 2. The fraction of sp³-hybridized carbons (Fsp3) is 0.391. The molecule has 0 bridgehead atoms. The molecule has 2 aromatic carbocycles. The Bertz CT molecular complexity index is 1100. The zero-order valence-electron chi connectivity index (χ0n) is 18.1. The summed E-state index contributed by atoms with van der Waals surface area (Å²) in [7, 11) is -1.71. The minimum Gasteiger partial charge on any atom is -0.496 e. The first-order valence-electron chi connectivity index (χ1n) is 10.7. The number of nitrogens with zero attached hydrogens (tertiary/aromatic N) is 3. The zero-order chi connectivity index (χ0) is 22.7. The SMILES string of the molecule is COc1ccccc1C(=O)N1CCCN(C(=O)c2ccc(N3CCCS3(=O)=O)cc2)CC1. The first-order chi connectivity index (χ1) is 15.4. The molecule has 2 heterocycles. The first kappa shape index (κ1) is 22.1. The number of rotatable bonds is 4. The lowest BCUT2D eigenvalue weighted by Gasteiger charge is -2.23. The van der Waals surface area contributed by atoms with E-state index in [1.165, 1.54) is 4.31 Å². The average molecular weight is 458 g/mol. The van der Waals surface area contributed by atoms with E-state index in [1.54, 1.807) is 59.4 Å². The van der Waals surface area contributed by atoms with Gasteiger partial charge in [-0.1, -0.05) is 12.1 Å². The van der Waals surface area contributed by atoms with Crippen molar-refractivity contribution in [2.75, 3.05) is 49.9 Å². The maximum atomic E-state index is 13.0.